The van der Waals surface area contributed by atoms with Gasteiger partial charge in [-0.1, -0.05) is 18.9 Å². The van der Waals surface area contributed by atoms with Crippen LogP contribution in [-0.4, -0.2) is 57.8 Å². The van der Waals surface area contributed by atoms with Crippen LogP contribution in [0.3, 0.4) is 0 Å². The first kappa shape index (κ1) is 24.3. The van der Waals surface area contributed by atoms with Crippen LogP contribution in [0, 0.1) is 12.3 Å². The fourth-order valence-electron chi connectivity index (χ4n) is 6.71. The van der Waals surface area contributed by atoms with E-state index >= 15 is 0 Å². The Hall–Kier alpha value is -3.04. The molecule has 0 unspecified atom stereocenters. The fraction of sp³-hybridized carbons (Fsp3) is 0.571. The van der Waals surface area contributed by atoms with Gasteiger partial charge in [0.15, 0.2) is 5.82 Å². The van der Waals surface area contributed by atoms with Gasteiger partial charge in [0.05, 0.1) is 23.1 Å². The van der Waals surface area contributed by atoms with Gasteiger partial charge in [0.1, 0.15) is 6.61 Å². The van der Waals surface area contributed by atoms with Crippen molar-refractivity contribution in [2.45, 2.75) is 70.6 Å². The zero-order valence-electron chi connectivity index (χ0n) is 21.3. The molecule has 4 aliphatic rings. The molecule has 2 aromatic rings. The van der Waals surface area contributed by atoms with E-state index < -0.39 is 11.5 Å². The van der Waals surface area contributed by atoms with Crippen molar-refractivity contribution < 1.29 is 19.4 Å². The number of carbonyl (C=O) groups is 2. The Bertz CT molecular complexity index is 1290. The number of hydrogen-bond donors (Lipinski definition) is 1. The number of esters is 1. The molecule has 6 rings (SSSR count). The number of cyclic esters (lactones) is 1. The molecule has 3 fully saturated rings. The molecule has 1 aromatic carbocycles. The second-order valence-corrected chi connectivity index (χ2v) is 11.1. The largest absolute Gasteiger partial charge is 0.457 e. The van der Waals surface area contributed by atoms with Crippen molar-refractivity contribution in [2.24, 2.45) is 5.41 Å². The summed E-state index contributed by atoms with van der Waals surface area (Å²) in [6.07, 6.45) is 5.74. The molecule has 1 spiro atoms. The Labute approximate surface area is 216 Å². The lowest BCUT2D eigenvalue weighted by Crippen LogP contribution is -2.46. The van der Waals surface area contributed by atoms with Gasteiger partial charge >= 0.3 is 5.97 Å². The smallest absolute Gasteiger partial charge is 0.338 e. The van der Waals surface area contributed by atoms with E-state index in [9.17, 15) is 19.5 Å². The number of β-amino-alcohol motifs (C(OH)–C–C–N with tert-alkyl or cyclic N) is 1. The number of fused-ring (bicyclic) bond motifs is 1. The molecule has 0 radical (unpaired) electrons. The molecule has 1 N–H and O–H groups in total. The van der Waals surface area contributed by atoms with Crippen molar-refractivity contribution in [3.05, 3.63) is 56.9 Å². The van der Waals surface area contributed by atoms with Crippen LogP contribution in [-0.2, 0) is 16.1 Å². The van der Waals surface area contributed by atoms with Crippen LogP contribution in [0.5, 0.6) is 0 Å². The van der Waals surface area contributed by atoms with E-state index in [1.807, 2.05) is 13.0 Å². The van der Waals surface area contributed by atoms with E-state index in [0.29, 0.717) is 24.5 Å². The number of likely N-dealkylation sites (tertiary alicyclic amines) is 1. The number of piperidine rings is 1. The van der Waals surface area contributed by atoms with Gasteiger partial charge in [-0.05, 0) is 75.4 Å². The summed E-state index contributed by atoms with van der Waals surface area (Å²) in [5.74, 6) is 0.389. The van der Waals surface area contributed by atoms with E-state index in [2.05, 4.69) is 10.00 Å². The summed E-state index contributed by atoms with van der Waals surface area (Å²) in [7, 11) is 0. The van der Waals surface area contributed by atoms with Crippen LogP contribution in [0.15, 0.2) is 29.1 Å². The molecule has 9 nitrogen and oxygen atoms in total. The molecule has 37 heavy (non-hydrogen) atoms. The number of aliphatic hydroxyl groups is 1. The maximum absolute atomic E-state index is 13.6. The molecule has 196 valence electrons. The Morgan fingerprint density at radius 3 is 2.54 bits per heavy atom. The third-order valence-corrected chi connectivity index (χ3v) is 9.08. The Morgan fingerprint density at radius 2 is 1.78 bits per heavy atom. The van der Waals surface area contributed by atoms with Crippen molar-refractivity contribution in [1.29, 1.82) is 0 Å². The van der Waals surface area contributed by atoms with Crippen LogP contribution in [0.2, 0.25) is 0 Å². The zero-order valence-corrected chi connectivity index (χ0v) is 21.3. The average Bonchev–Trinajstić information content (AvgIpc) is 3.63. The molecular weight excluding hydrogens is 472 g/mol. The standard InChI is InChI=1S/C28H34N4O5/c1-18-20(6-7-21-22(18)17-37-26(21)35)23(33)16-30-13-10-28(11-14-30)12-15-31(27(28)36)24-8-9-25(34)32(29-24)19-4-2-3-5-19/h6-9,19,23,33H,2-5,10-17H2,1H3/t23-/m0/s1. The summed E-state index contributed by atoms with van der Waals surface area (Å²) in [6.45, 7) is 4.76. The van der Waals surface area contributed by atoms with Gasteiger partial charge in [-0.2, -0.15) is 5.10 Å². The highest BCUT2D eigenvalue weighted by molar-refractivity contribution is 5.99. The molecular formula is C28H34N4O5. The van der Waals surface area contributed by atoms with E-state index in [1.54, 1.807) is 27.8 Å². The quantitative estimate of drug-likeness (QED) is 0.622. The number of aromatic nitrogens is 2. The molecule has 0 bridgehead atoms. The highest BCUT2D eigenvalue weighted by atomic mass is 16.5. The Morgan fingerprint density at radius 1 is 1.05 bits per heavy atom. The minimum absolute atomic E-state index is 0.0957. The molecule has 3 aliphatic heterocycles. The minimum Gasteiger partial charge on any atom is -0.457 e. The summed E-state index contributed by atoms with van der Waals surface area (Å²) in [4.78, 5) is 41.9. The first-order chi connectivity index (χ1) is 17.9. The van der Waals surface area contributed by atoms with E-state index in [1.165, 1.54) is 0 Å². The maximum atomic E-state index is 13.6. The third-order valence-electron chi connectivity index (χ3n) is 9.08. The number of amides is 1. The first-order valence-electron chi connectivity index (χ1n) is 13.5. The maximum Gasteiger partial charge on any atom is 0.338 e. The normalized spacial score (nSPS) is 22.6. The van der Waals surface area contributed by atoms with E-state index in [0.717, 1.165) is 74.7 Å². The molecule has 1 aromatic heterocycles. The van der Waals surface area contributed by atoms with Gasteiger partial charge < -0.3 is 14.7 Å². The predicted octanol–water partition coefficient (Wildman–Crippen LogP) is 2.89. The van der Waals surface area contributed by atoms with Crippen LogP contribution >= 0.6 is 0 Å². The van der Waals surface area contributed by atoms with E-state index in [-0.39, 0.29) is 30.1 Å². The lowest BCUT2D eigenvalue weighted by atomic mass is 9.77. The lowest BCUT2D eigenvalue weighted by molar-refractivity contribution is -0.128. The molecule has 1 atom stereocenters. The molecule has 9 heteroatoms. The molecule has 1 saturated carbocycles. The molecule has 1 aliphatic carbocycles. The van der Waals surface area contributed by atoms with Crippen molar-refractivity contribution in [1.82, 2.24) is 14.7 Å². The Balaban J connectivity index is 1.11. The summed E-state index contributed by atoms with van der Waals surface area (Å²) >= 11 is 0. The number of nitrogens with zero attached hydrogens (tertiary/aromatic N) is 4. The molecule has 1 amide bonds. The zero-order chi connectivity index (χ0) is 25.7. The first-order valence-corrected chi connectivity index (χ1v) is 13.5. The fourth-order valence-corrected chi connectivity index (χ4v) is 6.71. The van der Waals surface area contributed by atoms with Gasteiger partial charge in [-0.15, -0.1) is 0 Å². The average molecular weight is 507 g/mol. The van der Waals surface area contributed by atoms with Crippen LogP contribution in [0.4, 0.5) is 5.82 Å². The SMILES string of the molecule is Cc1c([C@@H](O)CN2CCC3(CC2)CCN(c2ccc(=O)n(C4CCCC4)n2)C3=O)ccc2c1COC2=O. The summed E-state index contributed by atoms with van der Waals surface area (Å²) < 4.78 is 6.73. The number of rotatable bonds is 5. The lowest BCUT2D eigenvalue weighted by Gasteiger charge is -2.38. The number of anilines is 1. The van der Waals surface area contributed by atoms with E-state index in [4.69, 9.17) is 4.74 Å². The number of hydrogen-bond acceptors (Lipinski definition) is 7. The van der Waals surface area contributed by atoms with Crippen molar-refractivity contribution >= 4 is 17.7 Å². The molecule has 2 saturated heterocycles. The number of benzene rings is 1. The summed E-state index contributed by atoms with van der Waals surface area (Å²) in [6, 6.07) is 6.94. The highest BCUT2D eigenvalue weighted by Crippen LogP contribution is 2.43. The number of ether oxygens (including phenoxy) is 1. The van der Waals surface area contributed by atoms with Crippen LogP contribution in [0.25, 0.3) is 0 Å². The van der Waals surface area contributed by atoms with Crippen LogP contribution < -0.4 is 10.5 Å². The second-order valence-electron chi connectivity index (χ2n) is 11.1. The van der Waals surface area contributed by atoms with Gasteiger partial charge in [-0.3, -0.25) is 14.5 Å². The van der Waals surface area contributed by atoms with Crippen LogP contribution in [0.1, 0.15) is 84.1 Å². The van der Waals surface area contributed by atoms with Gasteiger partial charge in [0, 0.05) is 24.7 Å². The predicted molar refractivity (Wildman–Crippen MR) is 136 cm³/mol. The number of carbonyl (C=O) groups excluding carboxylic acids is 2. The number of aliphatic hydroxyl groups excluding tert-OH is 1. The third kappa shape index (κ3) is 4.18. The minimum atomic E-state index is -0.674. The molecule has 4 heterocycles. The summed E-state index contributed by atoms with van der Waals surface area (Å²) in [5, 5.41) is 15.6. The van der Waals surface area contributed by atoms with Gasteiger partial charge in [0.2, 0.25) is 5.91 Å². The van der Waals surface area contributed by atoms with Crippen molar-refractivity contribution in [3.63, 3.8) is 0 Å². The second kappa shape index (κ2) is 9.36. The topological polar surface area (TPSA) is 105 Å². The highest BCUT2D eigenvalue weighted by Gasteiger charge is 2.49. The van der Waals surface area contributed by atoms with Gasteiger partial charge in [-0.25, -0.2) is 9.48 Å². The van der Waals surface area contributed by atoms with Crippen molar-refractivity contribution in [3.8, 4) is 0 Å². The van der Waals surface area contributed by atoms with Crippen molar-refractivity contribution in [2.75, 3.05) is 31.1 Å². The summed E-state index contributed by atoms with van der Waals surface area (Å²) in [5.41, 5.74) is 2.69. The van der Waals surface area contributed by atoms with Gasteiger partial charge in [0.25, 0.3) is 5.56 Å². The Kier molecular flexibility index (Phi) is 6.15. The monoisotopic (exact) mass is 506 g/mol.